The van der Waals surface area contributed by atoms with Gasteiger partial charge in [0.25, 0.3) is 10.0 Å². The van der Waals surface area contributed by atoms with Crippen molar-refractivity contribution < 1.29 is 23.4 Å². The Morgan fingerprint density at radius 3 is 2.57 bits per heavy atom. The SMILES string of the molecule is Cc1nc(S(=O)(=O)Nc2cccc(C(=O)O)c2O)cn1C. The second-order valence-corrected chi connectivity index (χ2v) is 5.98. The summed E-state index contributed by atoms with van der Waals surface area (Å²) in [4.78, 5) is 14.8. The highest BCUT2D eigenvalue weighted by Gasteiger charge is 2.22. The van der Waals surface area contributed by atoms with Gasteiger partial charge in [-0.3, -0.25) is 4.72 Å². The van der Waals surface area contributed by atoms with Crippen LogP contribution in [0.4, 0.5) is 5.69 Å². The number of phenols is 1. The Morgan fingerprint density at radius 2 is 2.05 bits per heavy atom. The van der Waals surface area contributed by atoms with Crippen molar-refractivity contribution in [1.82, 2.24) is 9.55 Å². The average Bonchev–Trinajstić information content (AvgIpc) is 2.72. The van der Waals surface area contributed by atoms with Crippen LogP contribution in [0, 0.1) is 6.92 Å². The number of carboxylic acid groups (broad SMARTS) is 1. The number of aryl methyl sites for hydroxylation is 2. The molecule has 0 radical (unpaired) electrons. The molecule has 0 atom stereocenters. The fourth-order valence-electron chi connectivity index (χ4n) is 1.65. The summed E-state index contributed by atoms with van der Waals surface area (Å²) in [6, 6.07) is 3.75. The van der Waals surface area contributed by atoms with Crippen LogP contribution in [-0.2, 0) is 17.1 Å². The van der Waals surface area contributed by atoms with E-state index in [9.17, 15) is 18.3 Å². The van der Waals surface area contributed by atoms with Crippen molar-refractivity contribution in [2.75, 3.05) is 4.72 Å². The van der Waals surface area contributed by atoms with Gasteiger partial charge in [0.05, 0.1) is 5.69 Å². The van der Waals surface area contributed by atoms with Gasteiger partial charge in [0.2, 0.25) is 0 Å². The molecule has 1 heterocycles. The normalized spacial score (nSPS) is 11.3. The van der Waals surface area contributed by atoms with Crippen molar-refractivity contribution in [1.29, 1.82) is 0 Å². The van der Waals surface area contributed by atoms with Gasteiger partial charge in [-0.2, -0.15) is 8.42 Å². The van der Waals surface area contributed by atoms with E-state index in [1.807, 2.05) is 0 Å². The largest absolute Gasteiger partial charge is 0.505 e. The lowest BCUT2D eigenvalue weighted by atomic mass is 10.2. The van der Waals surface area contributed by atoms with Crippen molar-refractivity contribution >= 4 is 21.7 Å². The molecule has 3 N–H and O–H groups in total. The minimum absolute atomic E-state index is 0.220. The van der Waals surface area contributed by atoms with E-state index >= 15 is 0 Å². The standard InChI is InChI=1S/C12H13N3O5S/c1-7-13-10(6-15(7)2)21(19,20)14-9-5-3-4-8(11(9)16)12(17)18/h3-6,14,16H,1-2H3,(H,17,18). The second kappa shape index (κ2) is 5.09. The molecule has 21 heavy (non-hydrogen) atoms. The molecule has 2 rings (SSSR count). The maximum Gasteiger partial charge on any atom is 0.339 e. The van der Waals surface area contributed by atoms with Crippen molar-refractivity contribution in [2.24, 2.45) is 7.05 Å². The number of sulfonamides is 1. The van der Waals surface area contributed by atoms with E-state index < -0.39 is 27.3 Å². The van der Waals surface area contributed by atoms with Crippen LogP contribution in [0.2, 0.25) is 0 Å². The minimum atomic E-state index is -4.01. The average molecular weight is 311 g/mol. The molecular formula is C12H13N3O5S. The smallest absolute Gasteiger partial charge is 0.339 e. The highest BCUT2D eigenvalue weighted by Crippen LogP contribution is 2.29. The maximum atomic E-state index is 12.2. The first-order valence-electron chi connectivity index (χ1n) is 5.80. The molecule has 0 aliphatic heterocycles. The number of hydrogen-bond acceptors (Lipinski definition) is 5. The van der Waals surface area contributed by atoms with Crippen molar-refractivity contribution in [2.45, 2.75) is 11.9 Å². The quantitative estimate of drug-likeness (QED) is 0.722. The topological polar surface area (TPSA) is 122 Å². The lowest BCUT2D eigenvalue weighted by molar-refractivity contribution is 0.0694. The fourth-order valence-corrected chi connectivity index (χ4v) is 2.76. The number of aromatic nitrogens is 2. The third kappa shape index (κ3) is 2.82. The van der Waals surface area contributed by atoms with Gasteiger partial charge in [-0.25, -0.2) is 9.78 Å². The first-order chi connectivity index (χ1) is 9.72. The van der Waals surface area contributed by atoms with Crippen LogP contribution in [0.5, 0.6) is 5.75 Å². The lowest BCUT2D eigenvalue weighted by Crippen LogP contribution is -2.14. The van der Waals surface area contributed by atoms with Gasteiger partial charge >= 0.3 is 5.97 Å². The highest BCUT2D eigenvalue weighted by atomic mass is 32.2. The van der Waals surface area contributed by atoms with E-state index in [1.165, 1.54) is 29.0 Å². The van der Waals surface area contributed by atoms with Crippen LogP contribution in [-0.4, -0.2) is 34.2 Å². The number of para-hydroxylation sites is 1. The Kier molecular flexibility index (Phi) is 3.60. The Balaban J connectivity index is 2.42. The molecule has 0 spiro atoms. The Hall–Kier alpha value is -2.55. The van der Waals surface area contributed by atoms with Crippen molar-refractivity contribution in [3.05, 3.63) is 35.8 Å². The molecular weight excluding hydrogens is 298 g/mol. The number of rotatable bonds is 4. The second-order valence-electron chi connectivity index (χ2n) is 4.35. The Morgan fingerprint density at radius 1 is 1.38 bits per heavy atom. The van der Waals surface area contributed by atoms with Crippen LogP contribution in [0.15, 0.2) is 29.4 Å². The summed E-state index contributed by atoms with van der Waals surface area (Å²) >= 11 is 0. The molecule has 0 aliphatic carbocycles. The van der Waals surface area contributed by atoms with Gasteiger partial charge in [0, 0.05) is 13.2 Å². The summed E-state index contributed by atoms with van der Waals surface area (Å²) in [7, 11) is -2.37. The Labute approximate surface area is 120 Å². The van der Waals surface area contributed by atoms with E-state index in [0.29, 0.717) is 5.82 Å². The predicted octanol–water partition coefficient (Wildman–Crippen LogP) is 0.933. The van der Waals surface area contributed by atoms with Gasteiger partial charge < -0.3 is 14.8 Å². The molecule has 0 amide bonds. The molecule has 0 fully saturated rings. The van der Waals surface area contributed by atoms with Crippen LogP contribution in [0.1, 0.15) is 16.2 Å². The first kappa shape index (κ1) is 14.9. The summed E-state index contributed by atoms with van der Waals surface area (Å²) in [5, 5.41) is 18.5. The monoisotopic (exact) mass is 311 g/mol. The molecule has 0 saturated carbocycles. The molecule has 9 heteroatoms. The summed E-state index contributed by atoms with van der Waals surface area (Å²) in [5.41, 5.74) is -0.620. The highest BCUT2D eigenvalue weighted by molar-refractivity contribution is 7.92. The summed E-state index contributed by atoms with van der Waals surface area (Å²) in [5.74, 6) is -1.51. The number of benzene rings is 1. The van der Waals surface area contributed by atoms with E-state index in [-0.39, 0.29) is 10.7 Å². The lowest BCUT2D eigenvalue weighted by Gasteiger charge is -2.09. The molecule has 0 saturated heterocycles. The van der Waals surface area contributed by atoms with Crippen LogP contribution < -0.4 is 4.72 Å². The van der Waals surface area contributed by atoms with E-state index in [0.717, 1.165) is 0 Å². The third-order valence-corrected chi connectivity index (χ3v) is 4.11. The number of hydrogen-bond donors (Lipinski definition) is 3. The molecule has 112 valence electrons. The fraction of sp³-hybridized carbons (Fsp3) is 0.167. The van der Waals surface area contributed by atoms with Crippen LogP contribution in [0.3, 0.4) is 0 Å². The number of carboxylic acids is 1. The summed E-state index contributed by atoms with van der Waals surface area (Å²) < 4.78 is 28.0. The molecule has 1 aromatic carbocycles. The summed E-state index contributed by atoms with van der Waals surface area (Å²) in [6.07, 6.45) is 1.32. The van der Waals surface area contributed by atoms with Gasteiger partial charge in [-0.05, 0) is 19.1 Å². The zero-order valence-corrected chi connectivity index (χ0v) is 12.0. The zero-order valence-electron chi connectivity index (χ0n) is 11.2. The van der Waals surface area contributed by atoms with E-state index in [2.05, 4.69) is 9.71 Å². The number of nitrogens with one attached hydrogen (secondary N) is 1. The molecule has 0 aliphatic rings. The molecule has 8 nitrogen and oxygen atoms in total. The van der Waals surface area contributed by atoms with Crippen molar-refractivity contribution in [3.8, 4) is 5.75 Å². The van der Waals surface area contributed by atoms with Crippen LogP contribution >= 0.6 is 0 Å². The first-order valence-corrected chi connectivity index (χ1v) is 7.29. The van der Waals surface area contributed by atoms with Crippen molar-refractivity contribution in [3.63, 3.8) is 0 Å². The molecule has 1 aromatic heterocycles. The number of nitrogens with zero attached hydrogens (tertiary/aromatic N) is 2. The minimum Gasteiger partial charge on any atom is -0.505 e. The molecule has 0 unspecified atom stereocenters. The number of aromatic hydroxyl groups is 1. The summed E-state index contributed by atoms with van der Waals surface area (Å²) in [6.45, 7) is 1.64. The van der Waals surface area contributed by atoms with E-state index in [4.69, 9.17) is 5.11 Å². The van der Waals surface area contributed by atoms with Gasteiger partial charge in [-0.1, -0.05) is 6.07 Å². The van der Waals surface area contributed by atoms with Gasteiger partial charge in [-0.15, -0.1) is 0 Å². The number of anilines is 1. The number of imidazole rings is 1. The van der Waals surface area contributed by atoms with E-state index in [1.54, 1.807) is 14.0 Å². The van der Waals surface area contributed by atoms with Gasteiger partial charge in [0.1, 0.15) is 11.4 Å². The van der Waals surface area contributed by atoms with Gasteiger partial charge in [0.15, 0.2) is 10.8 Å². The maximum absolute atomic E-state index is 12.2. The molecule has 0 bridgehead atoms. The Bertz CT molecular complexity index is 791. The zero-order chi connectivity index (χ0) is 15.8. The predicted molar refractivity (Wildman–Crippen MR) is 73.8 cm³/mol. The third-order valence-electron chi connectivity index (χ3n) is 2.87. The van der Waals surface area contributed by atoms with Crippen LogP contribution in [0.25, 0.3) is 0 Å². The number of carbonyl (C=O) groups is 1. The number of aromatic carboxylic acids is 1. The molecule has 2 aromatic rings.